The molecule has 0 aromatic carbocycles. The standard InChI is InChI=1S/C10H18N4O2/c1-8(2)14-9(12-7-13-14)6-11-5-3-4-10(15)16/h7-8,11H,3-6H2,1-2H3,(H,15,16). The van der Waals surface area contributed by atoms with Gasteiger partial charge in [-0.15, -0.1) is 0 Å². The van der Waals surface area contributed by atoms with Crippen LogP contribution in [0, 0.1) is 0 Å². The zero-order chi connectivity index (χ0) is 12.0. The average molecular weight is 226 g/mol. The number of nitrogens with zero attached hydrogens (tertiary/aromatic N) is 3. The van der Waals surface area contributed by atoms with Gasteiger partial charge < -0.3 is 10.4 Å². The number of carboxylic acid groups (broad SMARTS) is 1. The van der Waals surface area contributed by atoms with Crippen molar-refractivity contribution in [2.45, 2.75) is 39.3 Å². The third-order valence-electron chi connectivity index (χ3n) is 2.16. The Morgan fingerprint density at radius 1 is 1.62 bits per heavy atom. The monoisotopic (exact) mass is 226 g/mol. The third-order valence-corrected chi connectivity index (χ3v) is 2.16. The Balaban J connectivity index is 2.26. The van der Waals surface area contributed by atoms with Crippen LogP contribution < -0.4 is 5.32 Å². The van der Waals surface area contributed by atoms with Crippen molar-refractivity contribution in [2.24, 2.45) is 0 Å². The van der Waals surface area contributed by atoms with Crippen molar-refractivity contribution in [3.8, 4) is 0 Å². The van der Waals surface area contributed by atoms with Gasteiger partial charge in [0.25, 0.3) is 0 Å². The van der Waals surface area contributed by atoms with E-state index in [1.165, 1.54) is 6.33 Å². The number of aromatic nitrogens is 3. The first-order valence-electron chi connectivity index (χ1n) is 5.42. The van der Waals surface area contributed by atoms with E-state index >= 15 is 0 Å². The molecule has 0 bridgehead atoms. The molecule has 0 saturated carbocycles. The molecule has 2 N–H and O–H groups in total. The third kappa shape index (κ3) is 3.98. The van der Waals surface area contributed by atoms with Gasteiger partial charge in [-0.1, -0.05) is 0 Å². The molecule has 0 radical (unpaired) electrons. The Bertz CT molecular complexity index is 335. The summed E-state index contributed by atoms with van der Waals surface area (Å²) in [4.78, 5) is 14.4. The SMILES string of the molecule is CC(C)n1ncnc1CNCCCC(=O)O. The number of hydrogen-bond donors (Lipinski definition) is 2. The molecule has 0 fully saturated rings. The van der Waals surface area contributed by atoms with E-state index in [-0.39, 0.29) is 6.42 Å². The zero-order valence-electron chi connectivity index (χ0n) is 9.68. The van der Waals surface area contributed by atoms with Crippen LogP contribution in [0.2, 0.25) is 0 Å². The summed E-state index contributed by atoms with van der Waals surface area (Å²) < 4.78 is 1.85. The normalized spacial score (nSPS) is 10.9. The maximum atomic E-state index is 10.3. The molecule has 1 aromatic rings. The van der Waals surface area contributed by atoms with Gasteiger partial charge in [-0.2, -0.15) is 5.10 Å². The summed E-state index contributed by atoms with van der Waals surface area (Å²) in [5.74, 6) is 0.123. The molecule has 0 unspecified atom stereocenters. The first-order valence-corrected chi connectivity index (χ1v) is 5.42. The molecule has 0 amide bonds. The minimum Gasteiger partial charge on any atom is -0.481 e. The van der Waals surface area contributed by atoms with Gasteiger partial charge in [0.05, 0.1) is 6.54 Å². The lowest BCUT2D eigenvalue weighted by molar-refractivity contribution is -0.137. The molecule has 90 valence electrons. The maximum Gasteiger partial charge on any atom is 0.303 e. The van der Waals surface area contributed by atoms with Crippen molar-refractivity contribution in [1.29, 1.82) is 0 Å². The van der Waals surface area contributed by atoms with Crippen molar-refractivity contribution in [3.05, 3.63) is 12.2 Å². The molecule has 0 spiro atoms. The average Bonchev–Trinajstić information content (AvgIpc) is 2.65. The van der Waals surface area contributed by atoms with Crippen LogP contribution in [0.4, 0.5) is 0 Å². The van der Waals surface area contributed by atoms with Crippen LogP contribution in [0.5, 0.6) is 0 Å². The Morgan fingerprint density at radius 2 is 2.38 bits per heavy atom. The molecule has 16 heavy (non-hydrogen) atoms. The smallest absolute Gasteiger partial charge is 0.303 e. The molecule has 1 aromatic heterocycles. The van der Waals surface area contributed by atoms with E-state index in [1.54, 1.807) is 0 Å². The highest BCUT2D eigenvalue weighted by atomic mass is 16.4. The van der Waals surface area contributed by atoms with Gasteiger partial charge in [-0.05, 0) is 26.8 Å². The highest BCUT2D eigenvalue weighted by molar-refractivity contribution is 5.66. The first kappa shape index (κ1) is 12.6. The zero-order valence-corrected chi connectivity index (χ0v) is 9.68. The van der Waals surface area contributed by atoms with Gasteiger partial charge >= 0.3 is 5.97 Å². The first-order chi connectivity index (χ1) is 7.61. The van der Waals surface area contributed by atoms with E-state index in [0.29, 0.717) is 25.6 Å². The number of carbonyl (C=O) groups is 1. The van der Waals surface area contributed by atoms with Crippen LogP contribution in [-0.4, -0.2) is 32.4 Å². The summed E-state index contributed by atoms with van der Waals surface area (Å²) >= 11 is 0. The molecular formula is C10H18N4O2. The van der Waals surface area contributed by atoms with Crippen molar-refractivity contribution >= 4 is 5.97 Å². The molecule has 6 nitrogen and oxygen atoms in total. The summed E-state index contributed by atoms with van der Waals surface area (Å²) in [7, 11) is 0. The fourth-order valence-corrected chi connectivity index (χ4v) is 1.40. The molecule has 6 heteroatoms. The van der Waals surface area contributed by atoms with Crippen LogP contribution >= 0.6 is 0 Å². The fourth-order valence-electron chi connectivity index (χ4n) is 1.40. The molecule has 0 aliphatic carbocycles. The van der Waals surface area contributed by atoms with E-state index < -0.39 is 5.97 Å². The van der Waals surface area contributed by atoms with Crippen LogP contribution in [0.15, 0.2) is 6.33 Å². The van der Waals surface area contributed by atoms with Crippen molar-refractivity contribution < 1.29 is 9.90 Å². The van der Waals surface area contributed by atoms with Crippen molar-refractivity contribution in [2.75, 3.05) is 6.54 Å². The minimum absolute atomic E-state index is 0.198. The highest BCUT2D eigenvalue weighted by Crippen LogP contribution is 2.04. The molecule has 0 aliphatic rings. The number of rotatable bonds is 7. The second-order valence-corrected chi connectivity index (χ2v) is 3.89. The van der Waals surface area contributed by atoms with E-state index in [4.69, 9.17) is 5.11 Å². The molecule has 1 rings (SSSR count). The van der Waals surface area contributed by atoms with Gasteiger partial charge in [0.15, 0.2) is 0 Å². The minimum atomic E-state index is -0.757. The van der Waals surface area contributed by atoms with E-state index in [2.05, 4.69) is 15.4 Å². The Kier molecular flexibility index (Phi) is 4.91. The van der Waals surface area contributed by atoms with Crippen LogP contribution in [-0.2, 0) is 11.3 Å². The topological polar surface area (TPSA) is 80.0 Å². The van der Waals surface area contributed by atoms with E-state index in [9.17, 15) is 4.79 Å². The van der Waals surface area contributed by atoms with Crippen LogP contribution in [0.25, 0.3) is 0 Å². The number of hydrogen-bond acceptors (Lipinski definition) is 4. The van der Waals surface area contributed by atoms with Gasteiger partial charge in [-0.3, -0.25) is 4.79 Å². The van der Waals surface area contributed by atoms with Crippen LogP contribution in [0.1, 0.15) is 38.6 Å². The summed E-state index contributed by atoms with van der Waals surface area (Å²) in [5.41, 5.74) is 0. The van der Waals surface area contributed by atoms with Crippen molar-refractivity contribution in [3.63, 3.8) is 0 Å². The molecule has 0 saturated heterocycles. The van der Waals surface area contributed by atoms with E-state index in [1.807, 2.05) is 18.5 Å². The second kappa shape index (κ2) is 6.22. The molecular weight excluding hydrogens is 208 g/mol. The summed E-state index contributed by atoms with van der Waals surface area (Å²) in [5, 5.41) is 15.7. The van der Waals surface area contributed by atoms with Gasteiger partial charge in [0, 0.05) is 12.5 Å². The Hall–Kier alpha value is -1.43. The summed E-state index contributed by atoms with van der Waals surface area (Å²) in [6.07, 6.45) is 2.36. The van der Waals surface area contributed by atoms with Gasteiger partial charge in [0.2, 0.25) is 0 Å². The van der Waals surface area contributed by atoms with E-state index in [0.717, 1.165) is 5.82 Å². The Labute approximate surface area is 94.7 Å². The van der Waals surface area contributed by atoms with Gasteiger partial charge in [0.1, 0.15) is 12.2 Å². The Morgan fingerprint density at radius 3 is 3.00 bits per heavy atom. The summed E-state index contributed by atoms with van der Waals surface area (Å²) in [6.45, 7) is 5.39. The molecule has 0 atom stereocenters. The lowest BCUT2D eigenvalue weighted by atomic mass is 10.3. The predicted molar refractivity (Wildman–Crippen MR) is 59.0 cm³/mol. The summed E-state index contributed by atoms with van der Waals surface area (Å²) in [6, 6.07) is 0.290. The highest BCUT2D eigenvalue weighted by Gasteiger charge is 2.06. The predicted octanol–water partition coefficient (Wildman–Crippen LogP) is 0.813. The fraction of sp³-hybridized carbons (Fsp3) is 0.700. The number of aliphatic carboxylic acids is 1. The largest absolute Gasteiger partial charge is 0.481 e. The second-order valence-electron chi connectivity index (χ2n) is 3.89. The quantitative estimate of drug-likeness (QED) is 0.673. The van der Waals surface area contributed by atoms with Crippen molar-refractivity contribution in [1.82, 2.24) is 20.1 Å². The number of carboxylic acids is 1. The van der Waals surface area contributed by atoms with Crippen LogP contribution in [0.3, 0.4) is 0 Å². The number of nitrogens with one attached hydrogen (secondary N) is 1. The lowest BCUT2D eigenvalue weighted by Crippen LogP contribution is -2.20. The molecule has 0 aliphatic heterocycles. The lowest BCUT2D eigenvalue weighted by Gasteiger charge is -2.09. The van der Waals surface area contributed by atoms with Gasteiger partial charge in [-0.25, -0.2) is 9.67 Å². The molecule has 1 heterocycles. The maximum absolute atomic E-state index is 10.3.